The van der Waals surface area contributed by atoms with E-state index in [2.05, 4.69) is 77.1 Å². The van der Waals surface area contributed by atoms with E-state index >= 15 is 0 Å². The fourth-order valence-corrected chi connectivity index (χ4v) is 4.80. The Balaban J connectivity index is 1.65. The molecule has 0 spiro atoms. The summed E-state index contributed by atoms with van der Waals surface area (Å²) in [5.41, 5.74) is 7.82. The molecule has 5 rings (SSSR count). The molecular weight excluding hydrogens is 370 g/mol. The Kier molecular flexibility index (Phi) is 5.01. The van der Waals surface area contributed by atoms with E-state index in [9.17, 15) is 5.11 Å². The van der Waals surface area contributed by atoms with Gasteiger partial charge in [0.2, 0.25) is 0 Å². The predicted molar refractivity (Wildman–Crippen MR) is 122 cm³/mol. The van der Waals surface area contributed by atoms with Crippen LogP contribution in [-0.4, -0.2) is 27.8 Å². The molecule has 152 valence electrons. The summed E-state index contributed by atoms with van der Waals surface area (Å²) in [4.78, 5) is 7.29. The SMILES string of the molecule is Cc1c(Cc2ccccc2)c2c(N3CCc4ccccc4C3)nccc2n1CCO. The molecule has 0 radical (unpaired) electrons. The maximum absolute atomic E-state index is 9.68. The second-order valence-electron chi connectivity index (χ2n) is 8.07. The molecule has 0 fully saturated rings. The Bertz CT molecular complexity index is 1180. The topological polar surface area (TPSA) is 41.3 Å². The molecule has 4 aromatic rings. The fourth-order valence-electron chi connectivity index (χ4n) is 4.80. The fraction of sp³-hybridized carbons (Fsp3) is 0.269. The van der Waals surface area contributed by atoms with Gasteiger partial charge >= 0.3 is 0 Å². The Morgan fingerprint density at radius 1 is 0.967 bits per heavy atom. The van der Waals surface area contributed by atoms with Crippen LogP contribution in [0.2, 0.25) is 0 Å². The molecule has 1 aliphatic heterocycles. The molecule has 0 saturated carbocycles. The van der Waals surface area contributed by atoms with Gasteiger partial charge in [-0.1, -0.05) is 54.6 Å². The summed E-state index contributed by atoms with van der Waals surface area (Å²) >= 11 is 0. The summed E-state index contributed by atoms with van der Waals surface area (Å²) in [5.74, 6) is 1.06. The quantitative estimate of drug-likeness (QED) is 0.539. The molecule has 30 heavy (non-hydrogen) atoms. The third kappa shape index (κ3) is 3.27. The molecule has 1 aliphatic rings. The third-order valence-electron chi connectivity index (χ3n) is 6.32. The molecule has 2 aromatic carbocycles. The molecule has 0 bridgehead atoms. The average molecular weight is 398 g/mol. The summed E-state index contributed by atoms with van der Waals surface area (Å²) in [7, 11) is 0. The van der Waals surface area contributed by atoms with Crippen LogP contribution in [0.5, 0.6) is 0 Å². The van der Waals surface area contributed by atoms with Gasteiger partial charge in [-0.05, 0) is 48.1 Å². The summed E-state index contributed by atoms with van der Waals surface area (Å²) < 4.78 is 2.25. The lowest BCUT2D eigenvalue weighted by Crippen LogP contribution is -2.31. The van der Waals surface area contributed by atoms with Crippen molar-refractivity contribution in [3.63, 3.8) is 0 Å². The Morgan fingerprint density at radius 2 is 1.73 bits per heavy atom. The minimum atomic E-state index is 0.129. The van der Waals surface area contributed by atoms with Crippen LogP contribution in [0, 0.1) is 6.92 Å². The highest BCUT2D eigenvalue weighted by atomic mass is 16.3. The van der Waals surface area contributed by atoms with Gasteiger partial charge in [-0.2, -0.15) is 0 Å². The number of anilines is 1. The lowest BCUT2D eigenvalue weighted by Gasteiger charge is -2.30. The number of nitrogens with zero attached hydrogens (tertiary/aromatic N) is 3. The van der Waals surface area contributed by atoms with Gasteiger partial charge in [-0.3, -0.25) is 0 Å². The number of aliphatic hydroxyl groups is 1. The number of pyridine rings is 1. The van der Waals surface area contributed by atoms with E-state index in [1.165, 1.54) is 33.3 Å². The number of aliphatic hydroxyl groups excluding tert-OH is 1. The number of hydrogen-bond acceptors (Lipinski definition) is 3. The maximum Gasteiger partial charge on any atom is 0.138 e. The summed E-state index contributed by atoms with van der Waals surface area (Å²) in [6.07, 6.45) is 3.82. The first-order valence-corrected chi connectivity index (χ1v) is 10.7. The standard InChI is InChI=1S/C26H27N3O/c1-19-23(17-20-7-3-2-4-8-20)25-24(29(19)15-16-30)11-13-27-26(25)28-14-12-21-9-5-6-10-22(21)18-28/h2-11,13,30H,12,14-18H2,1H3. The zero-order valence-corrected chi connectivity index (χ0v) is 17.4. The van der Waals surface area contributed by atoms with E-state index in [0.29, 0.717) is 6.54 Å². The van der Waals surface area contributed by atoms with Crippen LogP contribution >= 0.6 is 0 Å². The molecule has 4 heteroatoms. The van der Waals surface area contributed by atoms with Crippen LogP contribution in [0.3, 0.4) is 0 Å². The molecule has 0 aliphatic carbocycles. The van der Waals surface area contributed by atoms with Gasteiger partial charge in [-0.25, -0.2) is 4.98 Å². The zero-order chi connectivity index (χ0) is 20.5. The van der Waals surface area contributed by atoms with E-state index in [4.69, 9.17) is 4.98 Å². The molecule has 1 N–H and O–H groups in total. The van der Waals surface area contributed by atoms with Crippen LogP contribution < -0.4 is 4.90 Å². The van der Waals surface area contributed by atoms with Crippen molar-refractivity contribution in [3.8, 4) is 0 Å². The van der Waals surface area contributed by atoms with Crippen molar-refractivity contribution >= 4 is 16.7 Å². The largest absolute Gasteiger partial charge is 0.395 e. The minimum Gasteiger partial charge on any atom is -0.395 e. The van der Waals surface area contributed by atoms with Crippen LogP contribution in [0.25, 0.3) is 10.9 Å². The minimum absolute atomic E-state index is 0.129. The van der Waals surface area contributed by atoms with E-state index in [-0.39, 0.29) is 6.61 Å². The van der Waals surface area contributed by atoms with Crippen molar-refractivity contribution in [2.24, 2.45) is 0 Å². The van der Waals surface area contributed by atoms with Crippen molar-refractivity contribution in [1.29, 1.82) is 0 Å². The molecule has 0 unspecified atom stereocenters. The van der Waals surface area contributed by atoms with Crippen LogP contribution in [0.1, 0.15) is 27.9 Å². The molecule has 0 atom stereocenters. The molecule has 0 amide bonds. The normalized spacial score (nSPS) is 13.6. The Labute approximate surface area is 177 Å². The first-order valence-electron chi connectivity index (χ1n) is 10.7. The predicted octanol–water partition coefficient (Wildman–Crippen LogP) is 4.49. The number of benzene rings is 2. The summed E-state index contributed by atoms with van der Waals surface area (Å²) in [5, 5.41) is 10.9. The Hall–Kier alpha value is -3.11. The van der Waals surface area contributed by atoms with Crippen molar-refractivity contribution in [2.45, 2.75) is 32.9 Å². The third-order valence-corrected chi connectivity index (χ3v) is 6.32. The van der Waals surface area contributed by atoms with Crippen molar-refractivity contribution in [1.82, 2.24) is 9.55 Å². The lowest BCUT2D eigenvalue weighted by atomic mass is 9.98. The zero-order valence-electron chi connectivity index (χ0n) is 17.4. The van der Waals surface area contributed by atoms with E-state index in [1.54, 1.807) is 0 Å². The highest BCUT2D eigenvalue weighted by Gasteiger charge is 2.23. The molecule has 3 heterocycles. The second-order valence-corrected chi connectivity index (χ2v) is 8.07. The summed E-state index contributed by atoms with van der Waals surface area (Å²) in [6, 6.07) is 21.4. The average Bonchev–Trinajstić information content (AvgIpc) is 3.06. The van der Waals surface area contributed by atoms with Crippen LogP contribution in [0.15, 0.2) is 66.9 Å². The molecule has 0 saturated heterocycles. The lowest BCUT2D eigenvalue weighted by molar-refractivity contribution is 0.277. The van der Waals surface area contributed by atoms with Gasteiger partial charge in [0.1, 0.15) is 5.82 Å². The van der Waals surface area contributed by atoms with Crippen LogP contribution in [0.4, 0.5) is 5.82 Å². The number of rotatable bonds is 5. The van der Waals surface area contributed by atoms with Gasteiger partial charge < -0.3 is 14.6 Å². The molecule has 2 aromatic heterocycles. The monoisotopic (exact) mass is 397 g/mol. The van der Waals surface area contributed by atoms with Gasteiger partial charge in [0, 0.05) is 36.9 Å². The van der Waals surface area contributed by atoms with Gasteiger partial charge in [0.25, 0.3) is 0 Å². The van der Waals surface area contributed by atoms with E-state index in [1.807, 2.05) is 6.20 Å². The number of hydrogen-bond donors (Lipinski definition) is 1. The van der Waals surface area contributed by atoms with E-state index < -0.39 is 0 Å². The first kappa shape index (κ1) is 18.9. The highest BCUT2D eigenvalue weighted by Crippen LogP contribution is 2.36. The number of fused-ring (bicyclic) bond motifs is 2. The maximum atomic E-state index is 9.68. The van der Waals surface area contributed by atoms with Gasteiger partial charge in [0.05, 0.1) is 12.1 Å². The van der Waals surface area contributed by atoms with E-state index in [0.717, 1.165) is 37.3 Å². The molecular formula is C26H27N3O. The van der Waals surface area contributed by atoms with Crippen LogP contribution in [-0.2, 0) is 25.9 Å². The van der Waals surface area contributed by atoms with Gasteiger partial charge in [0.15, 0.2) is 0 Å². The second kappa shape index (κ2) is 7.96. The summed E-state index contributed by atoms with van der Waals surface area (Å²) in [6.45, 7) is 4.76. The molecule has 4 nitrogen and oxygen atoms in total. The smallest absolute Gasteiger partial charge is 0.138 e. The van der Waals surface area contributed by atoms with Crippen molar-refractivity contribution in [2.75, 3.05) is 18.1 Å². The van der Waals surface area contributed by atoms with Crippen molar-refractivity contribution < 1.29 is 5.11 Å². The van der Waals surface area contributed by atoms with Gasteiger partial charge in [-0.15, -0.1) is 0 Å². The van der Waals surface area contributed by atoms with Crippen molar-refractivity contribution in [3.05, 3.63) is 94.8 Å². The number of aromatic nitrogens is 2. The highest BCUT2D eigenvalue weighted by molar-refractivity contribution is 5.95. The first-order chi connectivity index (χ1) is 14.8. The Morgan fingerprint density at radius 3 is 2.53 bits per heavy atom.